The SMILES string of the molecule is C=Cc1c(C(=C)/C=C\C(C)=C/C)cc2ccccc2c1C=C. The van der Waals surface area contributed by atoms with Gasteiger partial charge in [-0.2, -0.15) is 0 Å². The molecule has 0 aliphatic heterocycles. The molecule has 0 aromatic heterocycles. The average Bonchev–Trinajstić information content (AvgIpc) is 2.57. The Morgan fingerprint density at radius 3 is 2.32 bits per heavy atom. The lowest BCUT2D eigenvalue weighted by Gasteiger charge is -2.14. The van der Waals surface area contributed by atoms with Crippen LogP contribution in [0.15, 0.2) is 73.9 Å². The van der Waals surface area contributed by atoms with Crippen molar-refractivity contribution in [2.75, 3.05) is 0 Å². The number of hydrogen-bond donors (Lipinski definition) is 0. The molecule has 0 spiro atoms. The van der Waals surface area contributed by atoms with Crippen LogP contribution >= 0.6 is 0 Å². The summed E-state index contributed by atoms with van der Waals surface area (Å²) in [6.07, 6.45) is 10.0. The smallest absolute Gasteiger partial charge is 0.0105 e. The fourth-order valence-electron chi connectivity index (χ4n) is 2.52. The van der Waals surface area contributed by atoms with Crippen LogP contribution in [0.1, 0.15) is 30.5 Å². The zero-order valence-electron chi connectivity index (χ0n) is 13.4. The molecular weight excluding hydrogens is 264 g/mol. The second-order valence-corrected chi connectivity index (χ2v) is 5.27. The van der Waals surface area contributed by atoms with E-state index >= 15 is 0 Å². The van der Waals surface area contributed by atoms with Crippen LogP contribution < -0.4 is 0 Å². The Morgan fingerprint density at radius 2 is 1.68 bits per heavy atom. The molecule has 2 aromatic carbocycles. The number of hydrogen-bond acceptors (Lipinski definition) is 0. The topological polar surface area (TPSA) is 0 Å². The highest BCUT2D eigenvalue weighted by Gasteiger charge is 2.10. The van der Waals surface area contributed by atoms with Crippen LogP contribution in [-0.2, 0) is 0 Å². The van der Waals surface area contributed by atoms with Crippen molar-refractivity contribution in [1.29, 1.82) is 0 Å². The van der Waals surface area contributed by atoms with Gasteiger partial charge in [0.1, 0.15) is 0 Å². The van der Waals surface area contributed by atoms with E-state index in [-0.39, 0.29) is 0 Å². The van der Waals surface area contributed by atoms with Crippen molar-refractivity contribution in [3.63, 3.8) is 0 Å². The van der Waals surface area contributed by atoms with Crippen LogP contribution in [0.5, 0.6) is 0 Å². The van der Waals surface area contributed by atoms with Crippen LogP contribution in [0.4, 0.5) is 0 Å². The van der Waals surface area contributed by atoms with Crippen LogP contribution in [0.2, 0.25) is 0 Å². The predicted molar refractivity (Wildman–Crippen MR) is 102 cm³/mol. The third-order valence-electron chi connectivity index (χ3n) is 3.89. The van der Waals surface area contributed by atoms with Gasteiger partial charge in [0, 0.05) is 0 Å². The maximum absolute atomic E-state index is 4.23. The highest BCUT2D eigenvalue weighted by Crippen LogP contribution is 2.32. The maximum Gasteiger partial charge on any atom is -0.0105 e. The second kappa shape index (κ2) is 6.91. The van der Waals surface area contributed by atoms with Gasteiger partial charge in [0.2, 0.25) is 0 Å². The molecule has 0 aliphatic rings. The van der Waals surface area contributed by atoms with E-state index in [1.807, 2.05) is 25.1 Å². The molecule has 0 bridgehead atoms. The van der Waals surface area contributed by atoms with Crippen molar-refractivity contribution in [3.05, 3.63) is 90.6 Å². The molecule has 0 unspecified atom stereocenters. The highest BCUT2D eigenvalue weighted by molar-refractivity contribution is 5.98. The summed E-state index contributed by atoms with van der Waals surface area (Å²) >= 11 is 0. The largest absolute Gasteiger partial charge is 0.0984 e. The van der Waals surface area contributed by atoms with Gasteiger partial charge in [0.15, 0.2) is 0 Å². The van der Waals surface area contributed by atoms with E-state index in [2.05, 4.69) is 69.2 Å². The Hall–Kier alpha value is -2.60. The van der Waals surface area contributed by atoms with Crippen LogP contribution in [0.25, 0.3) is 28.5 Å². The third kappa shape index (κ3) is 3.01. The van der Waals surface area contributed by atoms with Gasteiger partial charge >= 0.3 is 0 Å². The fourth-order valence-corrected chi connectivity index (χ4v) is 2.52. The van der Waals surface area contributed by atoms with Gasteiger partial charge in [-0.15, -0.1) is 0 Å². The monoisotopic (exact) mass is 286 g/mol. The zero-order valence-corrected chi connectivity index (χ0v) is 13.4. The molecule has 2 aromatic rings. The summed E-state index contributed by atoms with van der Waals surface area (Å²) in [6.45, 7) is 16.3. The molecule has 2 rings (SSSR count). The van der Waals surface area contributed by atoms with E-state index in [0.29, 0.717) is 0 Å². The standard InChI is InChI=1S/C22H22/c1-6-16(4)13-14-17(5)22-15-18-11-9-10-12-21(18)19(7-2)20(22)8-3/h6-15H,2-3,5H2,1,4H3/b14-13-,16-6-. The number of benzene rings is 2. The third-order valence-corrected chi connectivity index (χ3v) is 3.89. The van der Waals surface area contributed by atoms with E-state index in [1.165, 1.54) is 16.3 Å². The van der Waals surface area contributed by atoms with Gasteiger partial charge < -0.3 is 0 Å². The van der Waals surface area contributed by atoms with Gasteiger partial charge in [0.05, 0.1) is 0 Å². The number of rotatable bonds is 5. The molecule has 0 heteroatoms. The first-order valence-electron chi connectivity index (χ1n) is 7.43. The van der Waals surface area contributed by atoms with Crippen molar-refractivity contribution >= 4 is 28.5 Å². The molecule has 0 saturated heterocycles. The second-order valence-electron chi connectivity index (χ2n) is 5.27. The van der Waals surface area contributed by atoms with Crippen molar-refractivity contribution in [3.8, 4) is 0 Å². The van der Waals surface area contributed by atoms with E-state index < -0.39 is 0 Å². The Labute approximate surface area is 133 Å². The van der Waals surface area contributed by atoms with Crippen molar-refractivity contribution < 1.29 is 0 Å². The van der Waals surface area contributed by atoms with Gasteiger partial charge in [-0.1, -0.05) is 80.0 Å². The summed E-state index contributed by atoms with van der Waals surface area (Å²) in [6, 6.07) is 10.5. The summed E-state index contributed by atoms with van der Waals surface area (Å²) in [7, 11) is 0. The Bertz CT molecular complexity index is 798. The molecule has 0 heterocycles. The molecule has 0 fully saturated rings. The van der Waals surface area contributed by atoms with Gasteiger partial charge in [-0.05, 0) is 52.9 Å². The maximum atomic E-state index is 4.23. The highest BCUT2D eigenvalue weighted by atomic mass is 14.1. The predicted octanol–water partition coefficient (Wildman–Crippen LogP) is 6.66. The lowest BCUT2D eigenvalue weighted by Crippen LogP contribution is -1.92. The first-order valence-corrected chi connectivity index (χ1v) is 7.43. The van der Waals surface area contributed by atoms with Crippen molar-refractivity contribution in [2.45, 2.75) is 13.8 Å². The van der Waals surface area contributed by atoms with Gasteiger partial charge in [-0.3, -0.25) is 0 Å². The molecule has 0 amide bonds. The van der Waals surface area contributed by atoms with Crippen LogP contribution in [-0.4, -0.2) is 0 Å². The minimum atomic E-state index is 0.977. The first kappa shape index (κ1) is 15.8. The summed E-state index contributed by atoms with van der Waals surface area (Å²) < 4.78 is 0. The molecular formula is C22H22. The number of allylic oxidation sites excluding steroid dienone is 5. The Kier molecular flexibility index (Phi) is 4.95. The minimum Gasteiger partial charge on any atom is -0.0984 e. The molecule has 110 valence electrons. The van der Waals surface area contributed by atoms with E-state index in [9.17, 15) is 0 Å². The summed E-state index contributed by atoms with van der Waals surface area (Å²) in [5, 5.41) is 2.38. The molecule has 0 aliphatic carbocycles. The minimum absolute atomic E-state index is 0.977. The Morgan fingerprint density at radius 1 is 1.00 bits per heavy atom. The number of fused-ring (bicyclic) bond motifs is 1. The first-order chi connectivity index (χ1) is 10.6. The molecule has 0 atom stereocenters. The van der Waals surface area contributed by atoms with Crippen molar-refractivity contribution in [1.82, 2.24) is 0 Å². The van der Waals surface area contributed by atoms with E-state index in [4.69, 9.17) is 0 Å². The lowest BCUT2D eigenvalue weighted by atomic mass is 9.90. The molecule has 0 saturated carbocycles. The van der Waals surface area contributed by atoms with Crippen LogP contribution in [0.3, 0.4) is 0 Å². The average molecular weight is 286 g/mol. The van der Waals surface area contributed by atoms with E-state index in [0.717, 1.165) is 22.3 Å². The lowest BCUT2D eigenvalue weighted by molar-refractivity contribution is 1.48. The van der Waals surface area contributed by atoms with Crippen LogP contribution in [0, 0.1) is 0 Å². The fraction of sp³-hybridized carbons (Fsp3) is 0.0909. The zero-order chi connectivity index (χ0) is 16.1. The normalized spacial score (nSPS) is 11.8. The van der Waals surface area contributed by atoms with Gasteiger partial charge in [0.25, 0.3) is 0 Å². The van der Waals surface area contributed by atoms with E-state index in [1.54, 1.807) is 0 Å². The molecule has 0 N–H and O–H groups in total. The summed E-state index contributed by atoms with van der Waals surface area (Å²) in [5.41, 5.74) is 5.49. The van der Waals surface area contributed by atoms with Crippen molar-refractivity contribution in [2.24, 2.45) is 0 Å². The molecule has 0 nitrogen and oxygen atoms in total. The summed E-state index contributed by atoms with van der Waals surface area (Å²) in [5.74, 6) is 0. The molecule has 22 heavy (non-hydrogen) atoms. The quantitative estimate of drug-likeness (QED) is 0.539. The Balaban J connectivity index is 2.68. The van der Waals surface area contributed by atoms with Gasteiger partial charge in [-0.25, -0.2) is 0 Å². The molecule has 0 radical (unpaired) electrons. The summed E-state index contributed by atoms with van der Waals surface area (Å²) in [4.78, 5) is 0.